The Labute approximate surface area is 254 Å². The van der Waals surface area contributed by atoms with E-state index < -0.39 is 4.92 Å². The van der Waals surface area contributed by atoms with Gasteiger partial charge < -0.3 is 20.0 Å². The van der Waals surface area contributed by atoms with Gasteiger partial charge in [0.15, 0.2) is 0 Å². The topological polar surface area (TPSA) is 146 Å². The highest BCUT2D eigenvalue weighted by Gasteiger charge is 2.22. The van der Waals surface area contributed by atoms with E-state index in [1.54, 1.807) is 57.0 Å². The highest BCUT2D eigenvalue weighted by atomic mass is 16.6. The molecule has 15 nitrogen and oxygen atoms in total. The number of hydrogen-bond donors (Lipinski definition) is 1. The van der Waals surface area contributed by atoms with E-state index in [9.17, 15) is 29.3 Å². The number of nitrogens with one attached hydrogen (secondary N) is 1. The molecule has 0 saturated carbocycles. The van der Waals surface area contributed by atoms with Crippen molar-refractivity contribution in [3.05, 3.63) is 34.4 Å². The summed E-state index contributed by atoms with van der Waals surface area (Å²) in [5, 5.41) is 13.7. The molecule has 43 heavy (non-hydrogen) atoms. The lowest BCUT2D eigenvalue weighted by Gasteiger charge is -2.34. The number of rotatable bonds is 10. The van der Waals surface area contributed by atoms with E-state index in [-0.39, 0.29) is 55.5 Å². The summed E-state index contributed by atoms with van der Waals surface area (Å²) >= 11 is 0. The first-order valence-electron chi connectivity index (χ1n) is 14.3. The van der Waals surface area contributed by atoms with Crippen molar-refractivity contribution in [3.63, 3.8) is 0 Å². The lowest BCUT2D eigenvalue weighted by atomic mass is 10.2. The molecule has 0 unspecified atom stereocenters. The highest BCUT2D eigenvalue weighted by molar-refractivity contribution is 5.92. The number of carbonyl (C=O) groups excluding carboxylic acids is 4. The molecule has 0 atom stereocenters. The van der Waals surface area contributed by atoms with Crippen LogP contribution in [-0.2, 0) is 19.2 Å². The summed E-state index contributed by atoms with van der Waals surface area (Å²) in [6.07, 6.45) is 0. The predicted molar refractivity (Wildman–Crippen MR) is 164 cm³/mol. The first-order chi connectivity index (χ1) is 20.2. The van der Waals surface area contributed by atoms with Crippen molar-refractivity contribution in [1.29, 1.82) is 0 Å². The largest absolute Gasteiger partial charge is 0.348 e. The van der Waals surface area contributed by atoms with Crippen molar-refractivity contribution < 1.29 is 24.1 Å². The third-order valence-electron chi connectivity index (χ3n) is 7.23. The van der Waals surface area contributed by atoms with Gasteiger partial charge in [0, 0.05) is 112 Å². The van der Waals surface area contributed by atoms with Crippen LogP contribution in [0.15, 0.2) is 24.3 Å². The molecule has 1 aliphatic heterocycles. The van der Waals surface area contributed by atoms with Gasteiger partial charge in [-0.25, -0.2) is 0 Å². The second-order valence-electron chi connectivity index (χ2n) is 11.3. The fourth-order valence-electron chi connectivity index (χ4n) is 4.28. The molecule has 1 aromatic rings. The van der Waals surface area contributed by atoms with E-state index >= 15 is 0 Å². The molecule has 1 saturated heterocycles. The summed E-state index contributed by atoms with van der Waals surface area (Å²) < 4.78 is 0. The molecule has 2 rings (SSSR count). The first kappa shape index (κ1) is 35.5. The number of nitrogens with zero attached hydrogens (tertiary/aromatic N) is 8. The van der Waals surface area contributed by atoms with E-state index in [1.807, 2.05) is 14.7 Å². The fourth-order valence-corrected chi connectivity index (χ4v) is 4.28. The maximum atomic E-state index is 13.0. The first-order valence-corrected chi connectivity index (χ1v) is 14.3. The third kappa shape index (κ3) is 13.0. The normalized spacial score (nSPS) is 16.4. The van der Waals surface area contributed by atoms with E-state index in [2.05, 4.69) is 10.2 Å². The molecule has 15 heteroatoms. The predicted octanol–water partition coefficient (Wildman–Crippen LogP) is -0.980. The molecular weight excluding hydrogens is 558 g/mol. The minimum Gasteiger partial charge on any atom is -0.348 e. The fraction of sp³-hybridized carbons (Fsp3) is 0.643. The molecule has 240 valence electrons. The van der Waals surface area contributed by atoms with Crippen molar-refractivity contribution in [1.82, 2.24) is 34.3 Å². The number of nitro groups is 1. The number of anilines is 1. The van der Waals surface area contributed by atoms with Crippen molar-refractivity contribution in [2.75, 3.05) is 126 Å². The molecule has 1 N–H and O–H groups in total. The summed E-state index contributed by atoms with van der Waals surface area (Å²) in [5.41, 5.74) is 0.388. The molecule has 0 aromatic heterocycles. The van der Waals surface area contributed by atoms with Gasteiger partial charge in [0.05, 0.1) is 31.1 Å². The van der Waals surface area contributed by atoms with Crippen LogP contribution in [0.5, 0.6) is 0 Å². The molecule has 0 bridgehead atoms. The lowest BCUT2D eigenvalue weighted by molar-refractivity contribution is -0.384. The molecule has 1 aliphatic rings. The van der Waals surface area contributed by atoms with Crippen molar-refractivity contribution >= 4 is 35.0 Å². The molecule has 0 spiro atoms. The molecule has 4 amide bonds. The van der Waals surface area contributed by atoms with E-state index in [0.29, 0.717) is 58.0 Å². The number of likely N-dealkylation sites (N-methyl/N-ethyl adjacent to an activating group) is 3. The van der Waals surface area contributed by atoms with Gasteiger partial charge >= 0.3 is 0 Å². The zero-order valence-electron chi connectivity index (χ0n) is 26.3. The van der Waals surface area contributed by atoms with E-state index in [4.69, 9.17) is 0 Å². The maximum Gasteiger partial charge on any atom is 0.269 e. The summed E-state index contributed by atoms with van der Waals surface area (Å²) in [7, 11) is 10.3. The lowest BCUT2D eigenvalue weighted by Crippen LogP contribution is -2.51. The van der Waals surface area contributed by atoms with Gasteiger partial charge in [0.2, 0.25) is 23.6 Å². The van der Waals surface area contributed by atoms with Crippen LogP contribution in [0.1, 0.15) is 0 Å². The van der Waals surface area contributed by atoms with Crippen molar-refractivity contribution in [3.8, 4) is 0 Å². The molecular formula is C28H47N9O6. The summed E-state index contributed by atoms with van der Waals surface area (Å²) in [5.74, 6) is -0.386. The molecule has 0 aliphatic carbocycles. The number of amides is 4. The minimum atomic E-state index is -0.499. The number of nitro benzene ring substituents is 1. The summed E-state index contributed by atoms with van der Waals surface area (Å²) in [6, 6.07) is 5.64. The van der Waals surface area contributed by atoms with Gasteiger partial charge in [0.1, 0.15) is 0 Å². The average molecular weight is 606 g/mol. The Balaban J connectivity index is 2.23. The summed E-state index contributed by atoms with van der Waals surface area (Å²) in [6.45, 7) is 4.88. The van der Waals surface area contributed by atoms with Crippen LogP contribution in [0, 0.1) is 10.1 Å². The summed E-state index contributed by atoms with van der Waals surface area (Å²) in [4.78, 5) is 74.0. The van der Waals surface area contributed by atoms with Gasteiger partial charge in [-0.1, -0.05) is 0 Å². The number of non-ortho nitro benzene ring substituents is 1. The molecule has 0 radical (unpaired) electrons. The van der Waals surface area contributed by atoms with Crippen LogP contribution in [-0.4, -0.2) is 184 Å². The Morgan fingerprint density at radius 2 is 0.930 bits per heavy atom. The number of benzene rings is 1. The SMILES string of the molecule is CN(C)C(=O)CN1CCN(CC(=O)Nc2ccc([N+](=O)[O-])cc2)CCN(CC(=O)N(C)C)CCN(CC(=O)N(C)C)CC1. The standard InChI is InChI=1S/C28H47N9O6/c1-30(2)26(39)20-34-13-11-33(19-25(38)29-23-7-9-24(10-8-23)37(42)43)12-14-35(21-27(40)31(3)4)16-18-36(17-15-34)22-28(41)32(5)6/h7-10H,11-22H2,1-6H3,(H,29,38). The van der Waals surface area contributed by atoms with Crippen LogP contribution in [0.25, 0.3) is 0 Å². The van der Waals surface area contributed by atoms with Crippen molar-refractivity contribution in [2.45, 2.75) is 0 Å². The third-order valence-corrected chi connectivity index (χ3v) is 7.23. The van der Waals surface area contributed by atoms with Crippen LogP contribution in [0.2, 0.25) is 0 Å². The Morgan fingerprint density at radius 1 is 0.628 bits per heavy atom. The monoisotopic (exact) mass is 605 g/mol. The number of hydrogen-bond acceptors (Lipinski definition) is 10. The van der Waals surface area contributed by atoms with Gasteiger partial charge in [-0.05, 0) is 12.1 Å². The minimum absolute atomic E-state index is 0.0239. The highest BCUT2D eigenvalue weighted by Crippen LogP contribution is 2.15. The quantitative estimate of drug-likeness (QED) is 0.261. The van der Waals surface area contributed by atoms with Crippen molar-refractivity contribution in [2.24, 2.45) is 0 Å². The van der Waals surface area contributed by atoms with Gasteiger partial charge in [-0.2, -0.15) is 0 Å². The Bertz CT molecular complexity index is 1060. The van der Waals surface area contributed by atoms with Gasteiger partial charge in [0.25, 0.3) is 5.69 Å². The van der Waals surface area contributed by atoms with Gasteiger partial charge in [-0.3, -0.25) is 48.9 Å². The molecule has 1 fully saturated rings. The second kappa shape index (κ2) is 17.5. The zero-order valence-corrected chi connectivity index (χ0v) is 26.3. The average Bonchev–Trinajstić information content (AvgIpc) is 2.93. The maximum absolute atomic E-state index is 13.0. The van der Waals surface area contributed by atoms with E-state index in [0.717, 1.165) is 0 Å². The number of carbonyl (C=O) groups is 4. The second-order valence-corrected chi connectivity index (χ2v) is 11.3. The van der Waals surface area contributed by atoms with Crippen LogP contribution in [0.3, 0.4) is 0 Å². The Hall–Kier alpha value is -3.66. The van der Waals surface area contributed by atoms with Crippen LogP contribution >= 0.6 is 0 Å². The molecule has 1 heterocycles. The van der Waals surface area contributed by atoms with E-state index in [1.165, 1.54) is 24.3 Å². The van der Waals surface area contributed by atoms with Crippen LogP contribution in [0.4, 0.5) is 11.4 Å². The Kier molecular flexibility index (Phi) is 14.4. The van der Waals surface area contributed by atoms with Crippen LogP contribution < -0.4 is 5.32 Å². The van der Waals surface area contributed by atoms with Gasteiger partial charge in [-0.15, -0.1) is 0 Å². The Morgan fingerprint density at radius 3 is 1.21 bits per heavy atom. The molecule has 1 aromatic carbocycles. The zero-order chi connectivity index (χ0) is 32.1. The smallest absolute Gasteiger partial charge is 0.269 e.